The molecule has 1 aromatic carbocycles. The highest BCUT2D eigenvalue weighted by Crippen LogP contribution is 2.09. The summed E-state index contributed by atoms with van der Waals surface area (Å²) in [6, 6.07) is 11.9. The molecule has 0 aliphatic rings. The van der Waals surface area contributed by atoms with Crippen LogP contribution in [-0.4, -0.2) is 11.9 Å². The second kappa shape index (κ2) is 7.50. The molecule has 2 atom stereocenters. The van der Waals surface area contributed by atoms with Gasteiger partial charge in [0.15, 0.2) is 0 Å². The normalized spacial score (nSPS) is 13.4. The topological polar surface area (TPSA) is 52.9 Å². The molecule has 0 radical (unpaired) electrons. The van der Waals surface area contributed by atoms with Crippen molar-refractivity contribution in [1.82, 2.24) is 5.32 Å². The summed E-state index contributed by atoms with van der Waals surface area (Å²) in [5, 5.41) is 12.0. The van der Waals surface area contributed by atoms with Gasteiger partial charge in [0.1, 0.15) is 5.92 Å². The second-order valence-corrected chi connectivity index (χ2v) is 4.57. The van der Waals surface area contributed by atoms with Gasteiger partial charge in [-0.25, -0.2) is 0 Å². The van der Waals surface area contributed by atoms with Crippen molar-refractivity contribution in [2.24, 2.45) is 5.92 Å². The molecule has 2 unspecified atom stereocenters. The highest BCUT2D eigenvalue weighted by molar-refractivity contribution is 5.81. The van der Waals surface area contributed by atoms with Crippen molar-refractivity contribution in [1.29, 1.82) is 5.26 Å². The molecular weight excluding hydrogens is 224 g/mol. The lowest BCUT2D eigenvalue weighted by Gasteiger charge is -2.15. The van der Waals surface area contributed by atoms with E-state index in [2.05, 4.69) is 18.3 Å². The molecule has 0 bridgehead atoms. The van der Waals surface area contributed by atoms with Gasteiger partial charge in [-0.05, 0) is 25.3 Å². The van der Waals surface area contributed by atoms with Gasteiger partial charge in [-0.3, -0.25) is 4.79 Å². The molecule has 0 heterocycles. The molecule has 1 N–H and O–H groups in total. The van der Waals surface area contributed by atoms with Crippen molar-refractivity contribution >= 4 is 5.91 Å². The van der Waals surface area contributed by atoms with Crippen LogP contribution in [0.4, 0.5) is 0 Å². The van der Waals surface area contributed by atoms with E-state index in [-0.39, 0.29) is 11.9 Å². The van der Waals surface area contributed by atoms with E-state index < -0.39 is 5.92 Å². The SMILES string of the molecule is CCCC(C)NC(=O)C(C#N)Cc1ccccc1. The summed E-state index contributed by atoms with van der Waals surface area (Å²) >= 11 is 0. The van der Waals surface area contributed by atoms with Gasteiger partial charge in [0.05, 0.1) is 6.07 Å². The molecule has 1 rings (SSSR count). The van der Waals surface area contributed by atoms with Crippen molar-refractivity contribution < 1.29 is 4.79 Å². The Morgan fingerprint density at radius 1 is 1.39 bits per heavy atom. The van der Waals surface area contributed by atoms with E-state index in [0.29, 0.717) is 6.42 Å². The second-order valence-electron chi connectivity index (χ2n) is 4.57. The van der Waals surface area contributed by atoms with E-state index in [4.69, 9.17) is 5.26 Å². The van der Waals surface area contributed by atoms with Crippen LogP contribution in [0, 0.1) is 17.2 Å². The molecule has 1 aromatic rings. The number of carbonyl (C=O) groups is 1. The molecular formula is C15H20N2O. The Balaban J connectivity index is 2.56. The highest BCUT2D eigenvalue weighted by Gasteiger charge is 2.19. The number of amides is 1. The van der Waals surface area contributed by atoms with Crippen molar-refractivity contribution in [3.8, 4) is 6.07 Å². The van der Waals surface area contributed by atoms with Crippen molar-refractivity contribution in [2.75, 3.05) is 0 Å². The largest absolute Gasteiger partial charge is 0.353 e. The first-order valence-corrected chi connectivity index (χ1v) is 6.41. The first-order valence-electron chi connectivity index (χ1n) is 6.41. The van der Waals surface area contributed by atoms with E-state index in [9.17, 15) is 4.79 Å². The lowest BCUT2D eigenvalue weighted by molar-refractivity contribution is -0.124. The fraction of sp³-hybridized carbons (Fsp3) is 0.467. The molecule has 18 heavy (non-hydrogen) atoms. The Labute approximate surface area is 109 Å². The van der Waals surface area contributed by atoms with E-state index in [0.717, 1.165) is 18.4 Å². The maximum Gasteiger partial charge on any atom is 0.237 e. The van der Waals surface area contributed by atoms with Crippen LogP contribution in [0.3, 0.4) is 0 Å². The van der Waals surface area contributed by atoms with Crippen LogP contribution in [0.2, 0.25) is 0 Å². The number of rotatable bonds is 6. The number of hydrogen-bond donors (Lipinski definition) is 1. The van der Waals surface area contributed by atoms with Crippen molar-refractivity contribution in [3.05, 3.63) is 35.9 Å². The molecule has 0 aliphatic carbocycles. The molecule has 96 valence electrons. The standard InChI is InChI=1S/C15H20N2O/c1-3-7-12(2)17-15(18)14(11-16)10-13-8-5-4-6-9-13/h4-6,8-9,12,14H,3,7,10H2,1-2H3,(H,17,18). The number of hydrogen-bond acceptors (Lipinski definition) is 2. The molecule has 0 saturated carbocycles. The summed E-state index contributed by atoms with van der Waals surface area (Å²) in [7, 11) is 0. The fourth-order valence-corrected chi connectivity index (χ4v) is 1.90. The summed E-state index contributed by atoms with van der Waals surface area (Å²) < 4.78 is 0. The molecule has 1 amide bonds. The first kappa shape index (κ1) is 14.2. The van der Waals surface area contributed by atoms with E-state index >= 15 is 0 Å². The third-order valence-electron chi connectivity index (χ3n) is 2.87. The molecule has 0 aromatic heterocycles. The van der Waals surface area contributed by atoms with Gasteiger partial charge in [0.25, 0.3) is 0 Å². The van der Waals surface area contributed by atoms with E-state index in [1.807, 2.05) is 37.3 Å². The molecule has 0 aliphatic heterocycles. The summed E-state index contributed by atoms with van der Waals surface area (Å²) in [6.45, 7) is 4.05. The quantitative estimate of drug-likeness (QED) is 0.836. The van der Waals surface area contributed by atoms with Crippen LogP contribution in [0.5, 0.6) is 0 Å². The Morgan fingerprint density at radius 3 is 2.61 bits per heavy atom. The average Bonchev–Trinajstić information content (AvgIpc) is 2.37. The smallest absolute Gasteiger partial charge is 0.237 e. The minimum absolute atomic E-state index is 0.133. The number of nitrogens with zero attached hydrogens (tertiary/aromatic N) is 1. The average molecular weight is 244 g/mol. The minimum atomic E-state index is -0.605. The summed E-state index contributed by atoms with van der Waals surface area (Å²) in [6.07, 6.45) is 2.44. The van der Waals surface area contributed by atoms with Crippen molar-refractivity contribution in [2.45, 2.75) is 39.2 Å². The Morgan fingerprint density at radius 2 is 2.06 bits per heavy atom. The van der Waals surface area contributed by atoms with Crippen molar-refractivity contribution in [3.63, 3.8) is 0 Å². The third-order valence-corrected chi connectivity index (χ3v) is 2.87. The zero-order valence-corrected chi connectivity index (χ0v) is 11.0. The Kier molecular flexibility index (Phi) is 5.93. The molecule has 0 saturated heterocycles. The predicted molar refractivity (Wildman–Crippen MR) is 71.8 cm³/mol. The van der Waals surface area contributed by atoms with Gasteiger partial charge >= 0.3 is 0 Å². The van der Waals surface area contributed by atoms with Gasteiger partial charge < -0.3 is 5.32 Å². The maximum absolute atomic E-state index is 11.9. The number of nitriles is 1. The van der Waals surface area contributed by atoms with E-state index in [1.165, 1.54) is 0 Å². The van der Waals surface area contributed by atoms with Crippen LogP contribution < -0.4 is 5.32 Å². The Bertz CT molecular complexity index is 408. The summed E-state index contributed by atoms with van der Waals surface area (Å²) in [5.74, 6) is -0.769. The van der Waals surface area contributed by atoms with Gasteiger partial charge in [-0.2, -0.15) is 5.26 Å². The van der Waals surface area contributed by atoms with Crippen LogP contribution in [0.25, 0.3) is 0 Å². The number of benzene rings is 1. The maximum atomic E-state index is 11.9. The Hall–Kier alpha value is -1.82. The number of carbonyl (C=O) groups excluding carboxylic acids is 1. The van der Waals surface area contributed by atoms with Gasteiger partial charge in [-0.1, -0.05) is 43.7 Å². The predicted octanol–water partition coefficient (Wildman–Crippen LogP) is 2.67. The van der Waals surface area contributed by atoms with Crippen LogP contribution in [0.15, 0.2) is 30.3 Å². The minimum Gasteiger partial charge on any atom is -0.353 e. The number of nitrogens with one attached hydrogen (secondary N) is 1. The summed E-state index contributed by atoms with van der Waals surface area (Å²) in [4.78, 5) is 11.9. The monoisotopic (exact) mass is 244 g/mol. The van der Waals surface area contributed by atoms with Crippen LogP contribution in [-0.2, 0) is 11.2 Å². The van der Waals surface area contributed by atoms with Gasteiger partial charge in [-0.15, -0.1) is 0 Å². The zero-order valence-electron chi connectivity index (χ0n) is 11.0. The fourth-order valence-electron chi connectivity index (χ4n) is 1.90. The van der Waals surface area contributed by atoms with Gasteiger partial charge in [0, 0.05) is 6.04 Å². The highest BCUT2D eigenvalue weighted by atomic mass is 16.1. The molecule has 3 nitrogen and oxygen atoms in total. The molecule has 0 fully saturated rings. The first-order chi connectivity index (χ1) is 8.67. The molecule has 0 spiro atoms. The third kappa shape index (κ3) is 4.58. The van der Waals surface area contributed by atoms with Crippen LogP contribution >= 0.6 is 0 Å². The van der Waals surface area contributed by atoms with Crippen LogP contribution in [0.1, 0.15) is 32.3 Å². The van der Waals surface area contributed by atoms with Gasteiger partial charge in [0.2, 0.25) is 5.91 Å². The van der Waals surface area contributed by atoms with E-state index in [1.54, 1.807) is 0 Å². The lowest BCUT2D eigenvalue weighted by Crippen LogP contribution is -2.37. The zero-order chi connectivity index (χ0) is 13.4. The summed E-state index contributed by atoms with van der Waals surface area (Å²) in [5.41, 5.74) is 1.02. The lowest BCUT2D eigenvalue weighted by atomic mass is 9.99. The molecule has 3 heteroatoms.